The quantitative estimate of drug-likeness (QED) is 0.738. The van der Waals surface area contributed by atoms with Crippen LogP contribution < -0.4 is 10.1 Å². The lowest BCUT2D eigenvalue weighted by Gasteiger charge is -2.04. The Bertz CT molecular complexity index is 572. The topological polar surface area (TPSA) is 56.5 Å². The molecule has 0 saturated carbocycles. The molecule has 0 unspecified atom stereocenters. The zero-order chi connectivity index (χ0) is 15.1. The molecule has 1 heterocycles. The summed E-state index contributed by atoms with van der Waals surface area (Å²) in [5, 5.41) is 3.26. The van der Waals surface area contributed by atoms with E-state index in [4.69, 9.17) is 13.9 Å². The SMILES string of the molecule is COCCNCCc1ncc(-c2cc(OC)ccc2Br)o1. The third kappa shape index (κ3) is 4.56. The van der Waals surface area contributed by atoms with Crippen LogP contribution in [0.1, 0.15) is 5.89 Å². The highest BCUT2D eigenvalue weighted by Gasteiger charge is 2.10. The summed E-state index contributed by atoms with van der Waals surface area (Å²) in [4.78, 5) is 4.31. The molecule has 21 heavy (non-hydrogen) atoms. The molecule has 2 aromatic rings. The van der Waals surface area contributed by atoms with E-state index in [-0.39, 0.29) is 0 Å². The van der Waals surface area contributed by atoms with Gasteiger partial charge in [0.15, 0.2) is 11.7 Å². The van der Waals surface area contributed by atoms with Gasteiger partial charge in [0, 0.05) is 36.7 Å². The summed E-state index contributed by atoms with van der Waals surface area (Å²) in [6.45, 7) is 2.34. The van der Waals surface area contributed by atoms with E-state index < -0.39 is 0 Å². The van der Waals surface area contributed by atoms with Crippen LogP contribution in [0.3, 0.4) is 0 Å². The standard InChI is InChI=1S/C15H19BrN2O3/c1-19-8-7-17-6-5-15-18-10-14(21-15)12-9-11(20-2)3-4-13(12)16/h3-4,9-10,17H,5-8H2,1-2H3. The molecule has 0 aliphatic carbocycles. The Morgan fingerprint density at radius 1 is 1.29 bits per heavy atom. The molecule has 0 bridgehead atoms. The normalized spacial score (nSPS) is 10.8. The lowest BCUT2D eigenvalue weighted by Crippen LogP contribution is -2.21. The molecule has 1 aromatic carbocycles. The minimum absolute atomic E-state index is 0.702. The van der Waals surface area contributed by atoms with E-state index in [2.05, 4.69) is 26.2 Å². The van der Waals surface area contributed by atoms with Crippen molar-refractivity contribution in [1.82, 2.24) is 10.3 Å². The number of halogens is 1. The summed E-state index contributed by atoms with van der Waals surface area (Å²) in [7, 11) is 3.33. The molecular formula is C15H19BrN2O3. The third-order valence-electron chi connectivity index (χ3n) is 2.99. The lowest BCUT2D eigenvalue weighted by atomic mass is 10.2. The monoisotopic (exact) mass is 354 g/mol. The van der Waals surface area contributed by atoms with E-state index in [0.717, 1.165) is 41.1 Å². The van der Waals surface area contributed by atoms with Crippen LogP contribution in [0.5, 0.6) is 5.75 Å². The van der Waals surface area contributed by atoms with Gasteiger partial charge in [-0.1, -0.05) is 15.9 Å². The number of methoxy groups -OCH3 is 2. The van der Waals surface area contributed by atoms with Crippen molar-refractivity contribution >= 4 is 15.9 Å². The first-order chi connectivity index (χ1) is 10.2. The zero-order valence-corrected chi connectivity index (χ0v) is 13.8. The van der Waals surface area contributed by atoms with Crippen LogP contribution in [-0.4, -0.2) is 38.9 Å². The number of nitrogens with zero attached hydrogens (tertiary/aromatic N) is 1. The number of nitrogens with one attached hydrogen (secondary N) is 1. The van der Waals surface area contributed by atoms with Crippen molar-refractivity contribution in [2.24, 2.45) is 0 Å². The predicted octanol–water partition coefficient (Wildman–Crippen LogP) is 2.89. The van der Waals surface area contributed by atoms with Crippen LogP contribution in [0, 0.1) is 0 Å². The minimum atomic E-state index is 0.702. The first-order valence-corrected chi connectivity index (χ1v) is 7.52. The molecule has 2 rings (SSSR count). The van der Waals surface area contributed by atoms with Gasteiger partial charge in [0.25, 0.3) is 0 Å². The summed E-state index contributed by atoms with van der Waals surface area (Å²) < 4.78 is 16.9. The van der Waals surface area contributed by atoms with Crippen molar-refractivity contribution in [2.45, 2.75) is 6.42 Å². The fourth-order valence-corrected chi connectivity index (χ4v) is 2.31. The number of aromatic nitrogens is 1. The summed E-state index contributed by atoms with van der Waals surface area (Å²) in [5.74, 6) is 2.23. The second-order valence-corrected chi connectivity index (χ2v) is 5.31. The number of oxazole rings is 1. The molecule has 0 spiro atoms. The third-order valence-corrected chi connectivity index (χ3v) is 3.68. The maximum atomic E-state index is 5.79. The van der Waals surface area contributed by atoms with Crippen molar-refractivity contribution < 1.29 is 13.9 Å². The smallest absolute Gasteiger partial charge is 0.196 e. The van der Waals surface area contributed by atoms with Gasteiger partial charge in [-0.3, -0.25) is 0 Å². The molecule has 114 valence electrons. The van der Waals surface area contributed by atoms with Crippen molar-refractivity contribution in [3.63, 3.8) is 0 Å². The van der Waals surface area contributed by atoms with E-state index in [0.29, 0.717) is 12.5 Å². The molecule has 0 radical (unpaired) electrons. The second kappa shape index (κ2) is 8.17. The van der Waals surface area contributed by atoms with Crippen LogP contribution in [0.4, 0.5) is 0 Å². The first-order valence-electron chi connectivity index (χ1n) is 6.73. The summed E-state index contributed by atoms with van der Waals surface area (Å²) in [6.07, 6.45) is 2.48. The van der Waals surface area contributed by atoms with Crippen LogP contribution in [0.25, 0.3) is 11.3 Å². The number of hydrogen-bond donors (Lipinski definition) is 1. The highest BCUT2D eigenvalue weighted by molar-refractivity contribution is 9.10. The Hall–Kier alpha value is -1.37. The Kier molecular flexibility index (Phi) is 6.22. The van der Waals surface area contributed by atoms with Gasteiger partial charge in [-0.05, 0) is 18.2 Å². The van der Waals surface area contributed by atoms with Crippen molar-refractivity contribution in [1.29, 1.82) is 0 Å². The van der Waals surface area contributed by atoms with E-state index in [1.165, 1.54) is 0 Å². The maximum Gasteiger partial charge on any atom is 0.196 e. The summed E-state index contributed by atoms with van der Waals surface area (Å²) in [6, 6.07) is 5.75. The Balaban J connectivity index is 1.99. The number of benzene rings is 1. The first kappa shape index (κ1) is 16.0. The largest absolute Gasteiger partial charge is 0.497 e. The van der Waals surface area contributed by atoms with Crippen molar-refractivity contribution in [3.8, 4) is 17.1 Å². The molecule has 0 saturated heterocycles. The minimum Gasteiger partial charge on any atom is -0.497 e. The number of ether oxygens (including phenoxy) is 2. The maximum absolute atomic E-state index is 5.79. The molecule has 0 atom stereocenters. The molecule has 1 aromatic heterocycles. The van der Waals surface area contributed by atoms with Crippen LogP contribution >= 0.6 is 15.9 Å². The summed E-state index contributed by atoms with van der Waals surface area (Å²) in [5.41, 5.74) is 0.931. The van der Waals surface area contributed by atoms with Crippen LogP contribution in [0.2, 0.25) is 0 Å². The van der Waals surface area contributed by atoms with Gasteiger partial charge in [0.1, 0.15) is 5.75 Å². The molecule has 1 N–H and O–H groups in total. The fourth-order valence-electron chi connectivity index (χ4n) is 1.87. The molecule has 5 nitrogen and oxygen atoms in total. The molecular weight excluding hydrogens is 336 g/mol. The average molecular weight is 355 g/mol. The van der Waals surface area contributed by atoms with Crippen molar-refractivity contribution in [2.75, 3.05) is 33.9 Å². The second-order valence-electron chi connectivity index (χ2n) is 4.46. The van der Waals surface area contributed by atoms with E-state index in [1.807, 2.05) is 18.2 Å². The van der Waals surface area contributed by atoms with Gasteiger partial charge in [-0.25, -0.2) is 4.98 Å². The van der Waals surface area contributed by atoms with Gasteiger partial charge in [-0.2, -0.15) is 0 Å². The summed E-state index contributed by atoms with van der Waals surface area (Å²) >= 11 is 3.52. The van der Waals surface area contributed by atoms with E-state index in [1.54, 1.807) is 20.4 Å². The van der Waals surface area contributed by atoms with Gasteiger partial charge < -0.3 is 19.2 Å². The highest BCUT2D eigenvalue weighted by Crippen LogP contribution is 2.32. The molecule has 6 heteroatoms. The van der Waals surface area contributed by atoms with Crippen LogP contribution in [0.15, 0.2) is 33.3 Å². The lowest BCUT2D eigenvalue weighted by molar-refractivity contribution is 0.199. The molecule has 0 fully saturated rings. The van der Waals surface area contributed by atoms with Gasteiger partial charge in [-0.15, -0.1) is 0 Å². The fraction of sp³-hybridized carbons (Fsp3) is 0.400. The molecule has 0 aliphatic rings. The average Bonchev–Trinajstić information content (AvgIpc) is 2.96. The van der Waals surface area contributed by atoms with E-state index in [9.17, 15) is 0 Å². The predicted molar refractivity (Wildman–Crippen MR) is 84.6 cm³/mol. The van der Waals surface area contributed by atoms with Crippen molar-refractivity contribution in [3.05, 3.63) is 34.8 Å². The Morgan fingerprint density at radius 2 is 2.14 bits per heavy atom. The van der Waals surface area contributed by atoms with Gasteiger partial charge in [0.2, 0.25) is 0 Å². The van der Waals surface area contributed by atoms with Gasteiger partial charge >= 0.3 is 0 Å². The Morgan fingerprint density at radius 3 is 2.90 bits per heavy atom. The molecule has 0 aliphatic heterocycles. The van der Waals surface area contributed by atoms with Gasteiger partial charge in [0.05, 0.1) is 19.9 Å². The number of hydrogen-bond acceptors (Lipinski definition) is 5. The zero-order valence-electron chi connectivity index (χ0n) is 12.2. The Labute approximate surface area is 132 Å². The van der Waals surface area contributed by atoms with E-state index >= 15 is 0 Å². The number of rotatable bonds is 8. The molecule has 0 amide bonds. The highest BCUT2D eigenvalue weighted by atomic mass is 79.9. The van der Waals surface area contributed by atoms with Crippen LogP contribution in [-0.2, 0) is 11.2 Å².